The highest BCUT2D eigenvalue weighted by Gasteiger charge is 2.00. The van der Waals surface area contributed by atoms with Crippen molar-refractivity contribution in [3.63, 3.8) is 0 Å². The average molecular weight is 175 g/mol. The lowest BCUT2D eigenvalue weighted by molar-refractivity contribution is 0.791. The molecule has 0 atom stereocenters. The summed E-state index contributed by atoms with van der Waals surface area (Å²) in [6, 6.07) is 0. The van der Waals surface area contributed by atoms with Crippen molar-refractivity contribution >= 4 is 34.8 Å². The van der Waals surface area contributed by atoms with Crippen molar-refractivity contribution in [2.24, 2.45) is 0 Å². The second-order valence-corrected chi connectivity index (χ2v) is 2.93. The minimum Gasteiger partial charge on any atom is -0.127 e. The van der Waals surface area contributed by atoms with Gasteiger partial charge in [0.15, 0.2) is 0 Å². The summed E-state index contributed by atoms with van der Waals surface area (Å²) in [7, 11) is 0. The zero-order chi connectivity index (χ0) is 6.41. The van der Waals surface area contributed by atoms with Crippen LogP contribution in [0.15, 0.2) is 0 Å². The Morgan fingerprint density at radius 3 is 1.62 bits per heavy atom. The summed E-state index contributed by atoms with van der Waals surface area (Å²) in [6.07, 6.45) is 1.71. The normalized spacial score (nSPS) is 10.5. The smallest absolute Gasteiger partial charge is 0.0358 e. The van der Waals surface area contributed by atoms with Crippen LogP contribution in [0.1, 0.15) is 12.8 Å². The summed E-state index contributed by atoms with van der Waals surface area (Å²) in [5, 5.41) is 0.171. The fraction of sp³-hybridized carbons (Fsp3) is 1.00. The van der Waals surface area contributed by atoms with Gasteiger partial charge in [-0.1, -0.05) is 0 Å². The van der Waals surface area contributed by atoms with E-state index < -0.39 is 0 Å². The minimum absolute atomic E-state index is 0.171. The van der Waals surface area contributed by atoms with Gasteiger partial charge in [-0.3, -0.25) is 0 Å². The fourth-order valence-corrected chi connectivity index (χ4v) is 1.35. The highest BCUT2D eigenvalue weighted by atomic mass is 35.5. The molecule has 0 saturated heterocycles. The second-order valence-electron chi connectivity index (χ2n) is 1.55. The molecular weight excluding hydrogens is 166 g/mol. The molecule has 0 radical (unpaired) electrons. The Morgan fingerprint density at radius 1 is 1.00 bits per heavy atom. The van der Waals surface area contributed by atoms with E-state index in [1.165, 1.54) is 0 Å². The maximum atomic E-state index is 5.71. The van der Waals surface area contributed by atoms with E-state index in [9.17, 15) is 0 Å². The third-order valence-corrected chi connectivity index (χ3v) is 1.72. The van der Waals surface area contributed by atoms with Gasteiger partial charge >= 0.3 is 0 Å². The molecule has 0 rings (SSSR count). The van der Waals surface area contributed by atoms with Gasteiger partial charge in [-0.05, 0) is 12.8 Å². The van der Waals surface area contributed by atoms with E-state index in [0.29, 0.717) is 11.8 Å². The average Bonchev–Trinajstić information content (AvgIpc) is 1.68. The van der Waals surface area contributed by atoms with Crippen LogP contribution in [0.5, 0.6) is 0 Å². The molecule has 0 amide bonds. The van der Waals surface area contributed by atoms with Crippen LogP contribution >= 0.6 is 34.8 Å². The van der Waals surface area contributed by atoms with Crippen molar-refractivity contribution in [3.8, 4) is 0 Å². The first-order chi connectivity index (χ1) is 3.81. The molecule has 0 bridgehead atoms. The molecule has 0 aromatic rings. The quantitative estimate of drug-likeness (QED) is 0.577. The van der Waals surface area contributed by atoms with Gasteiger partial charge in [0.2, 0.25) is 0 Å². The largest absolute Gasteiger partial charge is 0.127 e. The van der Waals surface area contributed by atoms with Crippen LogP contribution in [0.2, 0.25) is 0 Å². The predicted molar refractivity (Wildman–Crippen MR) is 40.3 cm³/mol. The first kappa shape index (κ1) is 8.87. The second kappa shape index (κ2) is 6.00. The summed E-state index contributed by atoms with van der Waals surface area (Å²) < 4.78 is 0. The summed E-state index contributed by atoms with van der Waals surface area (Å²) in [6.45, 7) is 0. The third-order valence-electron chi connectivity index (χ3n) is 0.845. The standard InChI is InChI=1S/C5H9Cl3/c6-3-1-5(8)2-4-7/h5H,1-4H2. The maximum Gasteiger partial charge on any atom is 0.0358 e. The van der Waals surface area contributed by atoms with Gasteiger partial charge in [0, 0.05) is 17.1 Å². The molecule has 0 aromatic heterocycles. The number of halogens is 3. The van der Waals surface area contributed by atoms with Crippen molar-refractivity contribution < 1.29 is 0 Å². The highest BCUT2D eigenvalue weighted by Crippen LogP contribution is 2.08. The molecule has 0 fully saturated rings. The number of alkyl halides is 3. The van der Waals surface area contributed by atoms with E-state index >= 15 is 0 Å². The van der Waals surface area contributed by atoms with Crippen LogP contribution in [-0.4, -0.2) is 17.1 Å². The van der Waals surface area contributed by atoms with Gasteiger partial charge in [-0.2, -0.15) is 0 Å². The molecule has 8 heavy (non-hydrogen) atoms. The molecule has 0 aromatic carbocycles. The molecular formula is C5H9Cl3. The molecule has 0 saturated carbocycles. The Labute approximate surface area is 65.1 Å². The van der Waals surface area contributed by atoms with Crippen molar-refractivity contribution in [1.29, 1.82) is 0 Å². The highest BCUT2D eigenvalue weighted by molar-refractivity contribution is 6.23. The van der Waals surface area contributed by atoms with Crippen LogP contribution in [0.25, 0.3) is 0 Å². The van der Waals surface area contributed by atoms with E-state index in [0.717, 1.165) is 12.8 Å². The number of rotatable bonds is 4. The molecule has 0 spiro atoms. The van der Waals surface area contributed by atoms with Crippen LogP contribution in [0.3, 0.4) is 0 Å². The van der Waals surface area contributed by atoms with Crippen molar-refractivity contribution in [2.75, 3.05) is 11.8 Å². The van der Waals surface area contributed by atoms with E-state index in [1.807, 2.05) is 0 Å². The van der Waals surface area contributed by atoms with E-state index in [1.54, 1.807) is 0 Å². The third kappa shape index (κ3) is 5.02. The van der Waals surface area contributed by atoms with Crippen LogP contribution < -0.4 is 0 Å². The zero-order valence-corrected chi connectivity index (χ0v) is 6.81. The van der Waals surface area contributed by atoms with Gasteiger partial charge < -0.3 is 0 Å². The van der Waals surface area contributed by atoms with Crippen LogP contribution in [-0.2, 0) is 0 Å². The molecule has 0 heterocycles. The Kier molecular flexibility index (Phi) is 6.65. The topological polar surface area (TPSA) is 0 Å². The molecule has 0 N–H and O–H groups in total. The van der Waals surface area contributed by atoms with Gasteiger partial charge in [0.05, 0.1) is 0 Å². The molecule has 0 aliphatic heterocycles. The predicted octanol–water partition coefficient (Wildman–Crippen LogP) is 2.85. The van der Waals surface area contributed by atoms with Gasteiger partial charge in [0.25, 0.3) is 0 Å². The zero-order valence-electron chi connectivity index (χ0n) is 4.54. The Balaban J connectivity index is 2.92. The summed E-state index contributed by atoms with van der Waals surface area (Å²) in [5.41, 5.74) is 0. The fourth-order valence-electron chi connectivity index (χ4n) is 0.381. The summed E-state index contributed by atoms with van der Waals surface area (Å²) in [5.74, 6) is 1.26. The summed E-state index contributed by atoms with van der Waals surface area (Å²) in [4.78, 5) is 0. The lowest BCUT2D eigenvalue weighted by Gasteiger charge is -2.01. The Morgan fingerprint density at radius 2 is 1.38 bits per heavy atom. The molecule has 0 unspecified atom stereocenters. The minimum atomic E-state index is 0.171. The first-order valence-electron chi connectivity index (χ1n) is 2.57. The van der Waals surface area contributed by atoms with Gasteiger partial charge in [-0.15, -0.1) is 34.8 Å². The Hall–Kier alpha value is 0.870. The SMILES string of the molecule is ClCCC(Cl)CCCl. The van der Waals surface area contributed by atoms with E-state index in [2.05, 4.69) is 0 Å². The Bertz CT molecular complexity index is 40.9. The number of hydrogen-bond acceptors (Lipinski definition) is 0. The molecule has 3 heteroatoms. The lowest BCUT2D eigenvalue weighted by Crippen LogP contribution is -1.99. The van der Waals surface area contributed by atoms with Crippen molar-refractivity contribution in [3.05, 3.63) is 0 Å². The number of hydrogen-bond donors (Lipinski definition) is 0. The van der Waals surface area contributed by atoms with Crippen LogP contribution in [0, 0.1) is 0 Å². The van der Waals surface area contributed by atoms with Crippen molar-refractivity contribution in [2.45, 2.75) is 18.2 Å². The van der Waals surface area contributed by atoms with Gasteiger partial charge in [0.1, 0.15) is 0 Å². The molecule has 0 nitrogen and oxygen atoms in total. The first-order valence-corrected chi connectivity index (χ1v) is 4.07. The molecule has 0 aliphatic carbocycles. The van der Waals surface area contributed by atoms with E-state index in [4.69, 9.17) is 34.8 Å². The monoisotopic (exact) mass is 174 g/mol. The van der Waals surface area contributed by atoms with Crippen molar-refractivity contribution in [1.82, 2.24) is 0 Å². The van der Waals surface area contributed by atoms with E-state index in [-0.39, 0.29) is 5.38 Å². The van der Waals surface area contributed by atoms with Gasteiger partial charge in [-0.25, -0.2) is 0 Å². The maximum absolute atomic E-state index is 5.71. The molecule has 50 valence electrons. The molecule has 0 aliphatic rings. The summed E-state index contributed by atoms with van der Waals surface area (Å²) >= 11 is 16.5. The van der Waals surface area contributed by atoms with Crippen LogP contribution in [0.4, 0.5) is 0 Å². The lowest BCUT2D eigenvalue weighted by atomic mass is 10.3.